The third kappa shape index (κ3) is 3.22. The highest BCUT2D eigenvalue weighted by Crippen LogP contribution is 2.15. The van der Waals surface area contributed by atoms with Gasteiger partial charge in [-0.2, -0.15) is 0 Å². The van der Waals surface area contributed by atoms with E-state index in [1.807, 2.05) is 18.2 Å². The number of fused-ring (bicyclic) bond motifs is 1. The normalized spacial score (nSPS) is 10.6. The number of hydrogen-bond donors (Lipinski definition) is 2. The molecule has 0 saturated carbocycles. The molecule has 0 aliphatic carbocycles. The molecule has 3 rings (SSSR count). The van der Waals surface area contributed by atoms with Gasteiger partial charge in [-0.25, -0.2) is 9.37 Å². The molecule has 112 valence electrons. The zero-order chi connectivity index (χ0) is 15.4. The first-order valence-corrected chi connectivity index (χ1v) is 6.78. The van der Waals surface area contributed by atoms with Gasteiger partial charge in [-0.15, -0.1) is 0 Å². The smallest absolute Gasteiger partial charge is 0.258 e. The van der Waals surface area contributed by atoms with Gasteiger partial charge in [-0.3, -0.25) is 4.79 Å². The molecule has 0 spiro atoms. The van der Waals surface area contributed by atoms with Crippen molar-refractivity contribution in [3.05, 3.63) is 60.2 Å². The van der Waals surface area contributed by atoms with Crippen LogP contribution in [0.1, 0.15) is 5.56 Å². The molecule has 6 heteroatoms. The average Bonchev–Trinajstić information content (AvgIpc) is 2.99. The molecular weight excluding hydrogens is 285 g/mol. The Morgan fingerprint density at radius 1 is 1.27 bits per heavy atom. The van der Waals surface area contributed by atoms with E-state index in [-0.39, 0.29) is 18.3 Å². The van der Waals surface area contributed by atoms with Crippen molar-refractivity contribution < 1.29 is 13.9 Å². The SMILES string of the molecule is O=C(COc1ccccc1F)NCc1ccc2nc[nH]c2c1. The van der Waals surface area contributed by atoms with Gasteiger partial charge in [-0.05, 0) is 29.8 Å². The Bertz CT molecular complexity index is 801. The van der Waals surface area contributed by atoms with E-state index in [2.05, 4.69) is 15.3 Å². The molecule has 0 radical (unpaired) electrons. The van der Waals surface area contributed by atoms with Gasteiger partial charge in [0.15, 0.2) is 18.2 Å². The van der Waals surface area contributed by atoms with Gasteiger partial charge in [-0.1, -0.05) is 18.2 Å². The Hall–Kier alpha value is -2.89. The number of benzene rings is 2. The quantitative estimate of drug-likeness (QED) is 0.760. The van der Waals surface area contributed by atoms with E-state index >= 15 is 0 Å². The van der Waals surface area contributed by atoms with E-state index in [4.69, 9.17) is 4.74 Å². The standard InChI is InChI=1S/C16H14FN3O2/c17-12-3-1-2-4-15(12)22-9-16(21)18-8-11-5-6-13-14(7-11)20-10-19-13/h1-7,10H,8-9H2,(H,18,21)(H,19,20). The first-order valence-electron chi connectivity index (χ1n) is 6.78. The minimum absolute atomic E-state index is 0.0662. The van der Waals surface area contributed by atoms with Gasteiger partial charge < -0.3 is 15.0 Å². The third-order valence-corrected chi connectivity index (χ3v) is 3.17. The van der Waals surface area contributed by atoms with Crippen LogP contribution in [0.4, 0.5) is 4.39 Å². The molecule has 1 heterocycles. The predicted molar refractivity (Wildman–Crippen MR) is 79.8 cm³/mol. The fourth-order valence-electron chi connectivity index (χ4n) is 2.05. The van der Waals surface area contributed by atoms with Crippen LogP contribution in [0.2, 0.25) is 0 Å². The van der Waals surface area contributed by atoms with E-state index in [0.29, 0.717) is 6.54 Å². The summed E-state index contributed by atoms with van der Waals surface area (Å²) in [5.74, 6) is -0.732. The van der Waals surface area contributed by atoms with E-state index in [9.17, 15) is 9.18 Å². The minimum Gasteiger partial charge on any atom is -0.481 e. The second kappa shape index (κ2) is 6.26. The number of carbonyl (C=O) groups is 1. The summed E-state index contributed by atoms with van der Waals surface area (Å²) in [4.78, 5) is 18.9. The van der Waals surface area contributed by atoms with Crippen molar-refractivity contribution in [2.75, 3.05) is 6.61 Å². The van der Waals surface area contributed by atoms with Gasteiger partial charge in [0.05, 0.1) is 17.4 Å². The zero-order valence-corrected chi connectivity index (χ0v) is 11.7. The maximum absolute atomic E-state index is 13.3. The van der Waals surface area contributed by atoms with Crippen molar-refractivity contribution in [2.45, 2.75) is 6.54 Å². The number of hydrogen-bond acceptors (Lipinski definition) is 3. The summed E-state index contributed by atoms with van der Waals surface area (Å²) in [6.07, 6.45) is 1.62. The summed E-state index contributed by atoms with van der Waals surface area (Å²) in [6, 6.07) is 11.7. The van der Waals surface area contributed by atoms with Crippen LogP contribution >= 0.6 is 0 Å². The fraction of sp³-hybridized carbons (Fsp3) is 0.125. The number of carbonyl (C=O) groups excluding carboxylic acids is 1. The molecule has 0 fully saturated rings. The largest absolute Gasteiger partial charge is 0.481 e. The van der Waals surface area contributed by atoms with Crippen LogP contribution in [-0.2, 0) is 11.3 Å². The number of amides is 1. The van der Waals surface area contributed by atoms with E-state index in [0.717, 1.165) is 16.6 Å². The molecule has 1 aromatic heterocycles. The first kappa shape index (κ1) is 14.1. The number of imidazole rings is 1. The highest BCUT2D eigenvalue weighted by molar-refractivity contribution is 5.78. The summed E-state index contributed by atoms with van der Waals surface area (Å²) in [7, 11) is 0. The fourth-order valence-corrected chi connectivity index (χ4v) is 2.05. The monoisotopic (exact) mass is 299 g/mol. The Morgan fingerprint density at radius 2 is 2.14 bits per heavy atom. The average molecular weight is 299 g/mol. The summed E-state index contributed by atoms with van der Waals surface area (Å²) in [6.45, 7) is 0.141. The summed E-state index contributed by atoms with van der Waals surface area (Å²) in [5.41, 5.74) is 2.73. The van der Waals surface area contributed by atoms with Gasteiger partial charge in [0.1, 0.15) is 0 Å². The molecule has 2 N–H and O–H groups in total. The third-order valence-electron chi connectivity index (χ3n) is 3.17. The number of halogens is 1. The van der Waals surface area contributed by atoms with Crippen LogP contribution < -0.4 is 10.1 Å². The Labute approximate surface area is 126 Å². The summed E-state index contributed by atoms with van der Waals surface area (Å²) < 4.78 is 18.5. The zero-order valence-electron chi connectivity index (χ0n) is 11.7. The molecule has 22 heavy (non-hydrogen) atoms. The number of aromatic nitrogens is 2. The maximum Gasteiger partial charge on any atom is 0.258 e. The lowest BCUT2D eigenvalue weighted by Crippen LogP contribution is -2.28. The number of ether oxygens (including phenoxy) is 1. The van der Waals surface area contributed by atoms with Crippen molar-refractivity contribution in [1.82, 2.24) is 15.3 Å². The molecule has 0 aliphatic heterocycles. The van der Waals surface area contributed by atoms with Crippen molar-refractivity contribution in [2.24, 2.45) is 0 Å². The van der Waals surface area contributed by atoms with Crippen LogP contribution in [0.3, 0.4) is 0 Å². The second-order valence-electron chi connectivity index (χ2n) is 4.75. The molecular formula is C16H14FN3O2. The van der Waals surface area contributed by atoms with Crippen molar-refractivity contribution in [1.29, 1.82) is 0 Å². The second-order valence-corrected chi connectivity index (χ2v) is 4.75. The van der Waals surface area contributed by atoms with Crippen LogP contribution in [0, 0.1) is 5.82 Å². The van der Waals surface area contributed by atoms with E-state index < -0.39 is 5.82 Å². The molecule has 0 saturated heterocycles. The Morgan fingerprint density at radius 3 is 3.00 bits per heavy atom. The lowest BCUT2D eigenvalue weighted by molar-refractivity contribution is -0.123. The predicted octanol–water partition coefficient (Wildman–Crippen LogP) is 2.40. The number of aromatic amines is 1. The molecule has 2 aromatic carbocycles. The summed E-state index contributed by atoms with van der Waals surface area (Å²) >= 11 is 0. The number of para-hydroxylation sites is 1. The van der Waals surface area contributed by atoms with Crippen molar-refractivity contribution in [3.63, 3.8) is 0 Å². The number of nitrogens with one attached hydrogen (secondary N) is 2. The van der Waals surface area contributed by atoms with Crippen molar-refractivity contribution >= 4 is 16.9 Å². The van der Waals surface area contributed by atoms with Gasteiger partial charge in [0.25, 0.3) is 5.91 Å². The highest BCUT2D eigenvalue weighted by Gasteiger charge is 2.06. The lowest BCUT2D eigenvalue weighted by atomic mass is 10.2. The van der Waals surface area contributed by atoms with Crippen LogP contribution in [0.25, 0.3) is 11.0 Å². The molecule has 3 aromatic rings. The molecule has 0 atom stereocenters. The van der Waals surface area contributed by atoms with Gasteiger partial charge >= 0.3 is 0 Å². The molecule has 1 amide bonds. The number of rotatable bonds is 5. The topological polar surface area (TPSA) is 67.0 Å². The number of nitrogens with zero attached hydrogens (tertiary/aromatic N) is 1. The van der Waals surface area contributed by atoms with Crippen LogP contribution in [0.15, 0.2) is 48.8 Å². The first-order chi connectivity index (χ1) is 10.7. The highest BCUT2D eigenvalue weighted by atomic mass is 19.1. The molecule has 5 nitrogen and oxygen atoms in total. The van der Waals surface area contributed by atoms with E-state index in [1.54, 1.807) is 18.5 Å². The lowest BCUT2D eigenvalue weighted by Gasteiger charge is -2.08. The van der Waals surface area contributed by atoms with Crippen LogP contribution in [0.5, 0.6) is 5.75 Å². The Balaban J connectivity index is 1.52. The molecule has 0 bridgehead atoms. The number of H-pyrrole nitrogens is 1. The van der Waals surface area contributed by atoms with Crippen LogP contribution in [-0.4, -0.2) is 22.5 Å². The maximum atomic E-state index is 13.3. The molecule has 0 aliphatic rings. The van der Waals surface area contributed by atoms with Gasteiger partial charge in [0, 0.05) is 6.54 Å². The summed E-state index contributed by atoms with van der Waals surface area (Å²) in [5, 5.41) is 2.72. The molecule has 0 unspecified atom stereocenters. The van der Waals surface area contributed by atoms with E-state index in [1.165, 1.54) is 12.1 Å². The Kier molecular flexibility index (Phi) is 4.00. The van der Waals surface area contributed by atoms with Crippen molar-refractivity contribution in [3.8, 4) is 5.75 Å². The minimum atomic E-state index is -0.486. The van der Waals surface area contributed by atoms with Gasteiger partial charge in [0.2, 0.25) is 0 Å².